The van der Waals surface area contributed by atoms with E-state index in [0.29, 0.717) is 17.9 Å². The van der Waals surface area contributed by atoms with Gasteiger partial charge in [0, 0.05) is 6.54 Å². The van der Waals surface area contributed by atoms with Crippen LogP contribution in [0, 0.1) is 11.3 Å². The summed E-state index contributed by atoms with van der Waals surface area (Å²) < 4.78 is 4.96. The van der Waals surface area contributed by atoms with Gasteiger partial charge in [-0.05, 0) is 29.3 Å². The highest BCUT2D eigenvalue weighted by Gasteiger charge is 2.08. The lowest BCUT2D eigenvalue weighted by Gasteiger charge is -2.07. The Kier molecular flexibility index (Phi) is 6.32. The van der Waals surface area contributed by atoms with Crippen molar-refractivity contribution in [2.45, 2.75) is 6.54 Å². The molecule has 0 saturated carbocycles. The molecule has 1 amide bonds. The summed E-state index contributed by atoms with van der Waals surface area (Å²) in [6.45, 7) is -0.213. The summed E-state index contributed by atoms with van der Waals surface area (Å²) in [7, 11) is 0. The van der Waals surface area contributed by atoms with Crippen LogP contribution in [0.4, 0.5) is 0 Å². The van der Waals surface area contributed by atoms with Crippen molar-refractivity contribution >= 4 is 18.0 Å². The number of amides is 1. The number of hydrogen-bond donors (Lipinski definition) is 1. The highest BCUT2D eigenvalue weighted by atomic mass is 16.5. The molecular weight excluding hydrogens is 320 g/mol. The molecule has 6 nitrogen and oxygen atoms in total. The normalized spacial score (nSPS) is 10.6. The molecule has 2 rings (SSSR count). The van der Waals surface area contributed by atoms with Gasteiger partial charge in [-0.15, -0.1) is 0 Å². The highest BCUT2D eigenvalue weighted by molar-refractivity contribution is 6.01. The third-order valence-corrected chi connectivity index (χ3v) is 3.21. The van der Waals surface area contributed by atoms with Gasteiger partial charge >= 0.3 is 0 Å². The Bertz CT molecular complexity index is 806. The molecule has 0 bridgehead atoms. The van der Waals surface area contributed by atoms with Gasteiger partial charge in [-0.1, -0.05) is 42.5 Å². The number of hydrogen-bond acceptors (Lipinski definition) is 5. The Balaban J connectivity index is 2.00. The molecule has 25 heavy (non-hydrogen) atoms. The van der Waals surface area contributed by atoms with Crippen LogP contribution in [0.25, 0.3) is 6.08 Å². The number of nitrogens with zero attached hydrogens (tertiary/aromatic N) is 1. The van der Waals surface area contributed by atoms with Crippen LogP contribution < -0.4 is 15.2 Å². The minimum atomic E-state index is -1.31. The van der Waals surface area contributed by atoms with E-state index in [1.807, 2.05) is 36.4 Å². The summed E-state index contributed by atoms with van der Waals surface area (Å²) in [5.41, 5.74) is 1.52. The molecule has 0 atom stereocenters. The van der Waals surface area contributed by atoms with E-state index in [4.69, 9.17) is 4.74 Å². The van der Waals surface area contributed by atoms with E-state index in [0.717, 1.165) is 5.56 Å². The molecule has 2 aromatic rings. The smallest absolute Gasteiger partial charge is 0.262 e. The van der Waals surface area contributed by atoms with Crippen molar-refractivity contribution in [2.24, 2.45) is 0 Å². The standard InChI is InChI=1S/C19H16N2O4/c20-11-16(19(24)21-12-15-4-2-1-3-5-15)10-14-6-8-17(9-7-14)25-13-18(22)23/h1-10H,12-13H2,(H,21,24)(H,22,23)/p-1/b16-10-. The van der Waals surface area contributed by atoms with Crippen molar-refractivity contribution in [3.05, 3.63) is 71.3 Å². The van der Waals surface area contributed by atoms with Gasteiger partial charge in [-0.2, -0.15) is 5.26 Å². The number of rotatable bonds is 7. The van der Waals surface area contributed by atoms with Gasteiger partial charge in [-0.25, -0.2) is 0 Å². The maximum Gasteiger partial charge on any atom is 0.262 e. The fourth-order valence-electron chi connectivity index (χ4n) is 1.99. The molecule has 1 N–H and O–H groups in total. The second-order valence-corrected chi connectivity index (χ2v) is 5.07. The zero-order chi connectivity index (χ0) is 18.1. The Labute approximate surface area is 145 Å². The number of ether oxygens (including phenoxy) is 1. The summed E-state index contributed by atoms with van der Waals surface area (Å²) in [6, 6.07) is 17.6. The fraction of sp³-hybridized carbons (Fsp3) is 0.105. The van der Waals surface area contributed by atoms with E-state index in [1.165, 1.54) is 6.08 Å². The van der Waals surface area contributed by atoms with Gasteiger partial charge in [0.1, 0.15) is 24.0 Å². The van der Waals surface area contributed by atoms with Gasteiger partial charge in [0.05, 0.1) is 5.97 Å². The van der Waals surface area contributed by atoms with Crippen LogP contribution in [0.5, 0.6) is 5.75 Å². The maximum absolute atomic E-state index is 12.1. The first-order valence-electron chi connectivity index (χ1n) is 7.45. The number of nitriles is 1. The van der Waals surface area contributed by atoms with Crippen molar-refractivity contribution in [3.63, 3.8) is 0 Å². The van der Waals surface area contributed by atoms with E-state index in [2.05, 4.69) is 5.32 Å². The number of carboxylic acid groups (broad SMARTS) is 1. The summed E-state index contributed by atoms with van der Waals surface area (Å²) in [6.07, 6.45) is 1.45. The van der Waals surface area contributed by atoms with E-state index in [-0.39, 0.29) is 5.57 Å². The monoisotopic (exact) mass is 335 g/mol. The van der Waals surface area contributed by atoms with Gasteiger partial charge < -0.3 is 20.0 Å². The molecule has 0 aliphatic rings. The quantitative estimate of drug-likeness (QED) is 0.601. The topological polar surface area (TPSA) is 102 Å². The molecule has 0 heterocycles. The van der Waals surface area contributed by atoms with Gasteiger partial charge in [0.15, 0.2) is 0 Å². The third-order valence-electron chi connectivity index (χ3n) is 3.21. The number of carboxylic acids is 1. The first-order chi connectivity index (χ1) is 12.1. The second kappa shape index (κ2) is 8.89. The number of nitrogens with one attached hydrogen (secondary N) is 1. The van der Waals surface area contributed by atoms with Crippen molar-refractivity contribution in [3.8, 4) is 11.8 Å². The summed E-state index contributed by atoms with van der Waals surface area (Å²) in [5.74, 6) is -1.43. The molecule has 2 aromatic carbocycles. The number of aliphatic carboxylic acids is 1. The van der Waals surface area contributed by atoms with Crippen molar-refractivity contribution in [1.29, 1.82) is 5.26 Å². The maximum atomic E-state index is 12.1. The van der Waals surface area contributed by atoms with Crippen LogP contribution in [0.2, 0.25) is 0 Å². The average Bonchev–Trinajstić information content (AvgIpc) is 2.64. The van der Waals surface area contributed by atoms with Crippen LogP contribution in [-0.4, -0.2) is 18.5 Å². The number of carbonyl (C=O) groups excluding carboxylic acids is 2. The molecule has 0 aliphatic carbocycles. The van der Waals surface area contributed by atoms with Gasteiger partial charge in [0.25, 0.3) is 5.91 Å². The highest BCUT2D eigenvalue weighted by Crippen LogP contribution is 2.14. The molecule has 0 unspecified atom stereocenters. The summed E-state index contributed by atoms with van der Waals surface area (Å²) in [5, 5.41) is 22.2. The molecule has 6 heteroatoms. The van der Waals surface area contributed by atoms with Crippen molar-refractivity contribution in [2.75, 3.05) is 6.61 Å². The van der Waals surface area contributed by atoms with Crippen LogP contribution in [0.1, 0.15) is 11.1 Å². The third kappa shape index (κ3) is 5.84. The minimum Gasteiger partial charge on any atom is -0.546 e. The van der Waals surface area contributed by atoms with Gasteiger partial charge in [0.2, 0.25) is 0 Å². The van der Waals surface area contributed by atoms with E-state index < -0.39 is 18.5 Å². The Hall–Kier alpha value is -3.59. The predicted molar refractivity (Wildman–Crippen MR) is 88.8 cm³/mol. The van der Waals surface area contributed by atoms with Crippen LogP contribution in [-0.2, 0) is 16.1 Å². The predicted octanol–water partition coefficient (Wildman–Crippen LogP) is 1.04. The van der Waals surface area contributed by atoms with Crippen molar-refractivity contribution in [1.82, 2.24) is 5.32 Å². The largest absolute Gasteiger partial charge is 0.546 e. The first-order valence-corrected chi connectivity index (χ1v) is 7.45. The molecule has 0 spiro atoms. The Morgan fingerprint density at radius 3 is 2.40 bits per heavy atom. The van der Waals surface area contributed by atoms with Crippen LogP contribution in [0.15, 0.2) is 60.2 Å². The SMILES string of the molecule is N#C/C(=C/c1ccc(OCC(=O)[O-])cc1)C(=O)NCc1ccccc1. The van der Waals surface area contributed by atoms with Crippen LogP contribution in [0.3, 0.4) is 0 Å². The summed E-state index contributed by atoms with van der Waals surface area (Å²) in [4.78, 5) is 22.4. The zero-order valence-electron chi connectivity index (χ0n) is 13.3. The lowest BCUT2D eigenvalue weighted by molar-refractivity contribution is -0.307. The zero-order valence-corrected chi connectivity index (χ0v) is 13.3. The average molecular weight is 335 g/mol. The molecular formula is C19H15N2O4-. The molecule has 0 radical (unpaired) electrons. The number of carbonyl (C=O) groups is 2. The van der Waals surface area contributed by atoms with E-state index in [9.17, 15) is 20.0 Å². The molecule has 0 saturated heterocycles. The van der Waals surface area contributed by atoms with E-state index in [1.54, 1.807) is 24.3 Å². The molecule has 0 aliphatic heterocycles. The van der Waals surface area contributed by atoms with E-state index >= 15 is 0 Å². The molecule has 126 valence electrons. The lowest BCUT2D eigenvalue weighted by Crippen LogP contribution is -2.28. The molecule has 0 aromatic heterocycles. The first kappa shape index (κ1) is 17.8. The minimum absolute atomic E-state index is 0.0284. The summed E-state index contributed by atoms with van der Waals surface area (Å²) >= 11 is 0. The van der Waals surface area contributed by atoms with Crippen molar-refractivity contribution < 1.29 is 19.4 Å². The number of benzene rings is 2. The fourth-order valence-corrected chi connectivity index (χ4v) is 1.99. The van der Waals surface area contributed by atoms with Crippen LogP contribution >= 0.6 is 0 Å². The van der Waals surface area contributed by atoms with Gasteiger partial charge in [-0.3, -0.25) is 4.79 Å². The Morgan fingerprint density at radius 2 is 1.80 bits per heavy atom. The molecule has 0 fully saturated rings. The second-order valence-electron chi connectivity index (χ2n) is 5.07. The Morgan fingerprint density at radius 1 is 1.12 bits per heavy atom. The lowest BCUT2D eigenvalue weighted by atomic mass is 10.1.